The zero-order valence-corrected chi connectivity index (χ0v) is 13.1. The smallest absolute Gasteiger partial charge is 0.276 e. The van der Waals surface area contributed by atoms with Crippen LogP contribution in [0.4, 0.5) is 0 Å². The first-order valence-corrected chi connectivity index (χ1v) is 8.14. The van der Waals surface area contributed by atoms with E-state index in [4.69, 9.17) is 5.11 Å². The second kappa shape index (κ2) is 7.37. The largest absolute Gasteiger partial charge is 0.396 e. The number of likely N-dealkylation sites (tertiary alicyclic amines) is 1. The summed E-state index contributed by atoms with van der Waals surface area (Å²) < 4.78 is 1.70. The average Bonchev–Trinajstić information content (AvgIpc) is 3.22. The second-order valence-electron chi connectivity index (χ2n) is 5.95. The van der Waals surface area contributed by atoms with Gasteiger partial charge in [-0.25, -0.2) is 4.68 Å². The molecule has 6 nitrogen and oxygen atoms in total. The molecular weight excluding hydrogens is 292 g/mol. The van der Waals surface area contributed by atoms with E-state index in [1.165, 1.54) is 0 Å². The summed E-state index contributed by atoms with van der Waals surface area (Å²) in [6.45, 7) is 1.54. The summed E-state index contributed by atoms with van der Waals surface area (Å²) in [5.41, 5.74) is 1.52. The van der Waals surface area contributed by atoms with Gasteiger partial charge in [0.05, 0.1) is 12.7 Å². The van der Waals surface area contributed by atoms with E-state index in [0.717, 1.165) is 37.8 Å². The molecule has 2 aromatic rings. The first-order chi connectivity index (χ1) is 11.3. The van der Waals surface area contributed by atoms with Crippen molar-refractivity contribution in [3.05, 3.63) is 47.8 Å². The van der Waals surface area contributed by atoms with Gasteiger partial charge in [-0.05, 0) is 31.2 Å². The van der Waals surface area contributed by atoms with Crippen LogP contribution in [0.15, 0.2) is 36.5 Å². The molecule has 0 radical (unpaired) electrons. The van der Waals surface area contributed by atoms with Gasteiger partial charge in [0.1, 0.15) is 0 Å². The van der Waals surface area contributed by atoms with Gasteiger partial charge in [-0.1, -0.05) is 35.5 Å². The fourth-order valence-corrected chi connectivity index (χ4v) is 3.12. The highest BCUT2D eigenvalue weighted by molar-refractivity contribution is 5.92. The third kappa shape index (κ3) is 3.76. The molecule has 0 bridgehead atoms. The predicted octanol–water partition coefficient (Wildman–Crippen LogP) is 1.70. The monoisotopic (exact) mass is 314 g/mol. The van der Waals surface area contributed by atoms with Crippen molar-refractivity contribution < 1.29 is 9.90 Å². The van der Waals surface area contributed by atoms with Crippen LogP contribution in [0.5, 0.6) is 0 Å². The van der Waals surface area contributed by atoms with Crippen molar-refractivity contribution in [2.45, 2.75) is 38.3 Å². The summed E-state index contributed by atoms with van der Waals surface area (Å²) >= 11 is 0. The highest BCUT2D eigenvalue weighted by Gasteiger charge is 2.30. The minimum atomic E-state index is -0.0512. The van der Waals surface area contributed by atoms with E-state index in [1.54, 1.807) is 10.9 Å². The van der Waals surface area contributed by atoms with Crippen molar-refractivity contribution in [3.8, 4) is 0 Å². The summed E-state index contributed by atoms with van der Waals surface area (Å²) in [5, 5.41) is 17.1. The van der Waals surface area contributed by atoms with Crippen molar-refractivity contribution >= 4 is 5.91 Å². The van der Waals surface area contributed by atoms with Crippen LogP contribution in [0.3, 0.4) is 0 Å². The average molecular weight is 314 g/mol. The summed E-state index contributed by atoms with van der Waals surface area (Å²) in [6.07, 6.45) is 5.32. The van der Waals surface area contributed by atoms with Gasteiger partial charge in [-0.2, -0.15) is 0 Å². The maximum absolute atomic E-state index is 12.6. The Kier molecular flexibility index (Phi) is 5.02. The SMILES string of the molecule is O=C(c1cn(Cc2ccccc2)nn1)N1CCCC1CCCO. The minimum Gasteiger partial charge on any atom is -0.396 e. The quantitative estimate of drug-likeness (QED) is 0.881. The Hall–Kier alpha value is -2.21. The van der Waals surface area contributed by atoms with Gasteiger partial charge in [-0.15, -0.1) is 5.10 Å². The molecule has 1 amide bonds. The first kappa shape index (κ1) is 15.7. The number of benzene rings is 1. The van der Waals surface area contributed by atoms with E-state index in [1.807, 2.05) is 35.2 Å². The van der Waals surface area contributed by atoms with Gasteiger partial charge in [0.15, 0.2) is 5.69 Å². The summed E-state index contributed by atoms with van der Waals surface area (Å²) in [5.74, 6) is -0.0512. The summed E-state index contributed by atoms with van der Waals surface area (Å²) in [7, 11) is 0. The lowest BCUT2D eigenvalue weighted by Crippen LogP contribution is -2.35. The van der Waals surface area contributed by atoms with Crippen LogP contribution in [0.1, 0.15) is 41.7 Å². The van der Waals surface area contributed by atoms with Crippen LogP contribution < -0.4 is 0 Å². The number of nitrogens with zero attached hydrogens (tertiary/aromatic N) is 4. The Bertz CT molecular complexity index is 641. The lowest BCUT2D eigenvalue weighted by Gasteiger charge is -2.23. The highest BCUT2D eigenvalue weighted by Crippen LogP contribution is 2.23. The fourth-order valence-electron chi connectivity index (χ4n) is 3.12. The Morgan fingerprint density at radius 1 is 1.30 bits per heavy atom. The number of aliphatic hydroxyl groups is 1. The Morgan fingerprint density at radius 3 is 2.91 bits per heavy atom. The van der Waals surface area contributed by atoms with Crippen LogP contribution >= 0.6 is 0 Å². The van der Waals surface area contributed by atoms with E-state index in [-0.39, 0.29) is 18.6 Å². The lowest BCUT2D eigenvalue weighted by molar-refractivity contribution is 0.0718. The van der Waals surface area contributed by atoms with Crippen LogP contribution in [0, 0.1) is 0 Å². The van der Waals surface area contributed by atoms with Crippen molar-refractivity contribution in [1.29, 1.82) is 0 Å². The molecule has 1 N–H and O–H groups in total. The molecule has 3 rings (SSSR count). The molecule has 1 atom stereocenters. The van der Waals surface area contributed by atoms with E-state index < -0.39 is 0 Å². The van der Waals surface area contributed by atoms with Gasteiger partial charge in [0.2, 0.25) is 0 Å². The van der Waals surface area contributed by atoms with E-state index in [0.29, 0.717) is 12.2 Å². The molecule has 1 fully saturated rings. The Morgan fingerprint density at radius 2 is 2.13 bits per heavy atom. The molecule has 1 saturated heterocycles. The topological polar surface area (TPSA) is 71.2 Å². The number of carbonyl (C=O) groups excluding carboxylic acids is 1. The fraction of sp³-hybridized carbons (Fsp3) is 0.471. The van der Waals surface area contributed by atoms with Gasteiger partial charge < -0.3 is 10.0 Å². The van der Waals surface area contributed by atoms with Gasteiger partial charge in [-0.3, -0.25) is 4.79 Å². The molecule has 2 heterocycles. The molecule has 122 valence electrons. The van der Waals surface area contributed by atoms with E-state index in [9.17, 15) is 4.79 Å². The minimum absolute atomic E-state index is 0.0512. The third-order valence-corrected chi connectivity index (χ3v) is 4.28. The van der Waals surface area contributed by atoms with Crippen LogP contribution in [0.25, 0.3) is 0 Å². The highest BCUT2D eigenvalue weighted by atomic mass is 16.3. The molecule has 23 heavy (non-hydrogen) atoms. The number of carbonyl (C=O) groups is 1. The molecule has 0 spiro atoms. The normalized spacial score (nSPS) is 17.6. The third-order valence-electron chi connectivity index (χ3n) is 4.28. The van der Waals surface area contributed by atoms with Gasteiger partial charge in [0.25, 0.3) is 5.91 Å². The van der Waals surface area contributed by atoms with Crippen LogP contribution in [-0.2, 0) is 6.54 Å². The maximum Gasteiger partial charge on any atom is 0.276 e. The molecular formula is C17H22N4O2. The second-order valence-corrected chi connectivity index (χ2v) is 5.95. The molecule has 1 aromatic heterocycles. The zero-order valence-electron chi connectivity index (χ0n) is 13.1. The first-order valence-electron chi connectivity index (χ1n) is 8.14. The lowest BCUT2D eigenvalue weighted by atomic mass is 10.1. The number of hydrogen-bond donors (Lipinski definition) is 1. The Balaban J connectivity index is 1.66. The van der Waals surface area contributed by atoms with Gasteiger partial charge >= 0.3 is 0 Å². The van der Waals surface area contributed by atoms with Crippen molar-refractivity contribution in [1.82, 2.24) is 19.9 Å². The Labute approximate surface area is 135 Å². The molecule has 6 heteroatoms. The molecule has 1 aliphatic rings. The van der Waals surface area contributed by atoms with Crippen molar-refractivity contribution in [2.75, 3.05) is 13.2 Å². The van der Waals surface area contributed by atoms with Crippen molar-refractivity contribution in [2.24, 2.45) is 0 Å². The van der Waals surface area contributed by atoms with Crippen LogP contribution in [0.2, 0.25) is 0 Å². The number of amides is 1. The number of hydrogen-bond acceptors (Lipinski definition) is 4. The molecule has 0 aliphatic carbocycles. The molecule has 1 aliphatic heterocycles. The maximum atomic E-state index is 12.6. The van der Waals surface area contributed by atoms with Gasteiger partial charge in [0, 0.05) is 19.2 Å². The molecule has 1 unspecified atom stereocenters. The summed E-state index contributed by atoms with van der Waals surface area (Å²) in [4.78, 5) is 14.5. The van der Waals surface area contributed by atoms with E-state index >= 15 is 0 Å². The number of aliphatic hydroxyl groups excluding tert-OH is 1. The number of aromatic nitrogens is 3. The van der Waals surface area contributed by atoms with Crippen molar-refractivity contribution in [3.63, 3.8) is 0 Å². The molecule has 1 aromatic carbocycles. The van der Waals surface area contributed by atoms with E-state index in [2.05, 4.69) is 10.3 Å². The van der Waals surface area contributed by atoms with Crippen LogP contribution in [-0.4, -0.2) is 50.1 Å². The zero-order chi connectivity index (χ0) is 16.1. The standard InChI is InChI=1S/C17H22N4O2/c22-11-5-9-15-8-4-10-21(15)17(23)16-13-20(19-18-16)12-14-6-2-1-3-7-14/h1-3,6-7,13,15,22H,4-5,8-12H2. The number of rotatable bonds is 6. The predicted molar refractivity (Wildman–Crippen MR) is 85.9 cm³/mol. The molecule has 0 saturated carbocycles. The summed E-state index contributed by atoms with van der Waals surface area (Å²) in [6, 6.07) is 10.2.